The third-order valence-corrected chi connectivity index (χ3v) is 6.10. The van der Waals surface area contributed by atoms with E-state index in [1.807, 2.05) is 12.1 Å². The average molecular weight is 498 g/mol. The van der Waals surface area contributed by atoms with Crippen LogP contribution in [-0.2, 0) is 0 Å². The number of nitrogens with one attached hydrogen (secondary N) is 2. The topological polar surface area (TPSA) is 82.1 Å². The number of hydrogen-bond donors (Lipinski definition) is 2. The van der Waals surface area contributed by atoms with E-state index in [2.05, 4.69) is 49.5 Å². The number of halogens is 2. The standard InChI is InChI=1S/C24H24ClN7O.ClH/c1-30-10-12-31(13-11-30)19-8-4-18(5-9-19)28-22-14-23(33)32(20-6-2-17(25)3-7-20)15-21(22)24-26-16-27-29-24;/h2-9,14-16,28H,10-13H2,1H3,(H,26,27,29);1H. The van der Waals surface area contributed by atoms with Crippen molar-refractivity contribution < 1.29 is 0 Å². The summed E-state index contributed by atoms with van der Waals surface area (Å²) in [4.78, 5) is 22.0. The maximum Gasteiger partial charge on any atom is 0.257 e. The molecule has 1 fully saturated rings. The number of aromatic amines is 1. The number of aromatic nitrogens is 4. The molecule has 2 N–H and O–H groups in total. The molecule has 0 saturated carbocycles. The van der Waals surface area contributed by atoms with Crippen LogP contribution in [0.4, 0.5) is 17.1 Å². The number of anilines is 3. The third-order valence-electron chi connectivity index (χ3n) is 5.84. The second kappa shape index (κ2) is 10.3. The van der Waals surface area contributed by atoms with E-state index >= 15 is 0 Å². The first-order valence-electron chi connectivity index (χ1n) is 10.8. The lowest BCUT2D eigenvalue weighted by atomic mass is 10.2. The van der Waals surface area contributed by atoms with Crippen LogP contribution in [0.15, 0.2) is 71.9 Å². The van der Waals surface area contributed by atoms with Crippen molar-refractivity contribution in [3.05, 3.63) is 82.5 Å². The first-order chi connectivity index (χ1) is 16.1. The molecule has 0 bridgehead atoms. The summed E-state index contributed by atoms with van der Waals surface area (Å²) in [5, 5.41) is 10.9. The Morgan fingerprint density at radius 2 is 1.65 bits per heavy atom. The van der Waals surface area contributed by atoms with E-state index in [1.54, 1.807) is 41.1 Å². The van der Waals surface area contributed by atoms with Crippen molar-refractivity contribution >= 4 is 41.1 Å². The van der Waals surface area contributed by atoms with Gasteiger partial charge in [0.15, 0.2) is 5.82 Å². The van der Waals surface area contributed by atoms with Crippen LogP contribution in [0.2, 0.25) is 5.02 Å². The molecule has 8 nitrogen and oxygen atoms in total. The van der Waals surface area contributed by atoms with Crippen molar-refractivity contribution in [2.75, 3.05) is 43.4 Å². The van der Waals surface area contributed by atoms with Gasteiger partial charge in [0.2, 0.25) is 0 Å². The number of hydrogen-bond acceptors (Lipinski definition) is 6. The quantitative estimate of drug-likeness (QED) is 0.430. The Hall–Kier alpha value is -3.33. The van der Waals surface area contributed by atoms with E-state index in [9.17, 15) is 4.79 Å². The van der Waals surface area contributed by atoms with E-state index < -0.39 is 0 Å². The van der Waals surface area contributed by atoms with Gasteiger partial charge in [-0.3, -0.25) is 14.5 Å². The van der Waals surface area contributed by atoms with Gasteiger partial charge >= 0.3 is 0 Å². The van der Waals surface area contributed by atoms with Crippen molar-refractivity contribution in [3.63, 3.8) is 0 Å². The molecule has 2 aromatic carbocycles. The van der Waals surface area contributed by atoms with Gasteiger partial charge < -0.3 is 15.1 Å². The molecule has 10 heteroatoms. The molecular weight excluding hydrogens is 473 g/mol. The maximum atomic E-state index is 13.0. The zero-order valence-corrected chi connectivity index (χ0v) is 20.2. The number of rotatable bonds is 5. The summed E-state index contributed by atoms with van der Waals surface area (Å²) >= 11 is 6.01. The third kappa shape index (κ3) is 5.09. The number of piperazine rings is 1. The Morgan fingerprint density at radius 1 is 0.971 bits per heavy atom. The number of pyridine rings is 1. The molecule has 4 aromatic rings. The summed E-state index contributed by atoms with van der Waals surface area (Å²) in [5.74, 6) is 0.564. The minimum Gasteiger partial charge on any atom is -0.369 e. The summed E-state index contributed by atoms with van der Waals surface area (Å²) in [6.45, 7) is 4.15. The van der Waals surface area contributed by atoms with Crippen LogP contribution in [0.3, 0.4) is 0 Å². The number of benzene rings is 2. The summed E-state index contributed by atoms with van der Waals surface area (Å²) in [6, 6.07) is 17.0. The van der Waals surface area contributed by atoms with Crippen molar-refractivity contribution in [1.82, 2.24) is 24.6 Å². The van der Waals surface area contributed by atoms with E-state index in [1.165, 1.54) is 12.0 Å². The molecule has 2 aromatic heterocycles. The molecule has 0 spiro atoms. The van der Waals surface area contributed by atoms with Crippen molar-refractivity contribution in [3.8, 4) is 17.1 Å². The Labute approximate surface area is 208 Å². The molecule has 0 atom stereocenters. The van der Waals surface area contributed by atoms with Crippen molar-refractivity contribution in [2.45, 2.75) is 0 Å². The lowest BCUT2D eigenvalue weighted by Crippen LogP contribution is -2.44. The summed E-state index contributed by atoms with van der Waals surface area (Å²) in [7, 11) is 2.15. The first-order valence-corrected chi connectivity index (χ1v) is 11.1. The molecule has 1 aliphatic heterocycles. The molecule has 0 radical (unpaired) electrons. The fourth-order valence-electron chi connectivity index (χ4n) is 3.94. The van der Waals surface area contributed by atoms with Crippen LogP contribution in [0, 0.1) is 0 Å². The molecule has 0 unspecified atom stereocenters. The van der Waals surface area contributed by atoms with Crippen molar-refractivity contribution in [1.29, 1.82) is 0 Å². The van der Waals surface area contributed by atoms with Crippen LogP contribution in [0.1, 0.15) is 0 Å². The lowest BCUT2D eigenvalue weighted by Gasteiger charge is -2.34. The Balaban J connectivity index is 0.00000274. The average Bonchev–Trinajstić information content (AvgIpc) is 3.36. The molecule has 34 heavy (non-hydrogen) atoms. The molecule has 0 aliphatic carbocycles. The smallest absolute Gasteiger partial charge is 0.257 e. The van der Waals surface area contributed by atoms with E-state index in [-0.39, 0.29) is 18.0 Å². The van der Waals surface area contributed by atoms with Crippen LogP contribution >= 0.6 is 24.0 Å². The van der Waals surface area contributed by atoms with Gasteiger partial charge in [-0.15, -0.1) is 12.4 Å². The van der Waals surface area contributed by atoms with Crippen molar-refractivity contribution in [2.24, 2.45) is 0 Å². The molecule has 3 heterocycles. The minimum atomic E-state index is -0.169. The van der Waals surface area contributed by atoms with Gasteiger partial charge in [-0.05, 0) is 55.6 Å². The highest BCUT2D eigenvalue weighted by molar-refractivity contribution is 6.30. The molecule has 1 saturated heterocycles. The predicted molar refractivity (Wildman–Crippen MR) is 139 cm³/mol. The maximum absolute atomic E-state index is 13.0. The highest BCUT2D eigenvalue weighted by Gasteiger charge is 2.15. The van der Waals surface area contributed by atoms with E-state index in [4.69, 9.17) is 11.6 Å². The molecular formula is C24H25Cl2N7O. The SMILES string of the molecule is CN1CCN(c2ccc(Nc3cc(=O)n(-c4ccc(Cl)cc4)cc3-c3ncn[nH]3)cc2)CC1.Cl. The Bertz CT molecular complexity index is 1280. The van der Waals surface area contributed by atoms with Gasteiger partial charge in [-0.25, -0.2) is 4.98 Å². The Kier molecular flexibility index (Phi) is 7.21. The fraction of sp³-hybridized carbons (Fsp3) is 0.208. The zero-order chi connectivity index (χ0) is 22.8. The number of H-pyrrole nitrogens is 1. The summed E-state index contributed by atoms with van der Waals surface area (Å²) in [5.41, 5.74) is 4.00. The monoisotopic (exact) mass is 497 g/mol. The Morgan fingerprint density at radius 3 is 2.29 bits per heavy atom. The molecule has 1 aliphatic rings. The second-order valence-electron chi connectivity index (χ2n) is 8.08. The first kappa shape index (κ1) is 23.8. The van der Waals surface area contributed by atoms with Gasteiger partial charge in [0, 0.05) is 60.5 Å². The fourth-order valence-corrected chi connectivity index (χ4v) is 4.07. The van der Waals surface area contributed by atoms with Crippen LogP contribution in [0.25, 0.3) is 17.1 Å². The zero-order valence-electron chi connectivity index (χ0n) is 18.6. The van der Waals surface area contributed by atoms with Crippen LogP contribution in [0.5, 0.6) is 0 Å². The van der Waals surface area contributed by atoms with Gasteiger partial charge in [0.05, 0.1) is 11.3 Å². The van der Waals surface area contributed by atoms with Gasteiger partial charge in [0.1, 0.15) is 6.33 Å². The number of likely N-dealkylation sites (N-methyl/N-ethyl adjacent to an activating group) is 1. The molecule has 176 valence electrons. The van der Waals surface area contributed by atoms with E-state index in [0.717, 1.165) is 37.4 Å². The minimum absolute atomic E-state index is 0. The normalized spacial score (nSPS) is 14.0. The van der Waals surface area contributed by atoms with Gasteiger partial charge in [-0.2, -0.15) is 5.10 Å². The predicted octanol–water partition coefficient (Wildman–Crippen LogP) is 4.19. The summed E-state index contributed by atoms with van der Waals surface area (Å²) in [6.07, 6.45) is 3.20. The largest absolute Gasteiger partial charge is 0.369 e. The number of nitrogens with zero attached hydrogens (tertiary/aromatic N) is 5. The van der Waals surface area contributed by atoms with Crippen LogP contribution < -0.4 is 15.8 Å². The van der Waals surface area contributed by atoms with Gasteiger partial charge in [-0.1, -0.05) is 11.6 Å². The lowest BCUT2D eigenvalue weighted by molar-refractivity contribution is 0.313. The summed E-state index contributed by atoms with van der Waals surface area (Å²) < 4.78 is 1.57. The van der Waals surface area contributed by atoms with E-state index in [0.29, 0.717) is 22.2 Å². The highest BCUT2D eigenvalue weighted by atomic mass is 35.5. The molecule has 0 amide bonds. The van der Waals surface area contributed by atoms with Crippen LogP contribution in [-0.4, -0.2) is 57.9 Å². The second-order valence-corrected chi connectivity index (χ2v) is 8.52. The molecule has 5 rings (SSSR count). The highest BCUT2D eigenvalue weighted by Crippen LogP contribution is 2.28. The van der Waals surface area contributed by atoms with Gasteiger partial charge in [0.25, 0.3) is 5.56 Å².